The third-order valence-corrected chi connectivity index (χ3v) is 5.27. The summed E-state index contributed by atoms with van der Waals surface area (Å²) in [6.07, 6.45) is 3.86. The molecule has 1 fully saturated rings. The lowest BCUT2D eigenvalue weighted by Crippen LogP contribution is -2.26. The van der Waals surface area contributed by atoms with Gasteiger partial charge in [0.15, 0.2) is 0 Å². The summed E-state index contributed by atoms with van der Waals surface area (Å²) in [5.74, 6) is 3.93. The molecule has 2 aromatic carbocycles. The number of hydrogen-bond acceptors (Lipinski definition) is 3. The van der Waals surface area contributed by atoms with Crippen LogP contribution in [0.4, 0.5) is 0 Å². The molecule has 0 radical (unpaired) electrons. The van der Waals surface area contributed by atoms with E-state index in [2.05, 4.69) is 24.3 Å². The first-order valence-corrected chi connectivity index (χ1v) is 8.28. The molecule has 4 rings (SSSR count). The van der Waals surface area contributed by atoms with Crippen molar-refractivity contribution < 1.29 is 14.2 Å². The number of fused-ring (bicyclic) bond motifs is 3. The third kappa shape index (κ3) is 2.44. The third-order valence-electron chi connectivity index (χ3n) is 5.27. The molecule has 0 amide bonds. The predicted octanol–water partition coefficient (Wildman–Crippen LogP) is 4.72. The molecule has 1 heterocycles. The first-order valence-electron chi connectivity index (χ1n) is 8.28. The molecule has 0 aromatic heterocycles. The zero-order valence-corrected chi connectivity index (χ0v) is 13.6. The van der Waals surface area contributed by atoms with Gasteiger partial charge in [-0.25, -0.2) is 0 Å². The summed E-state index contributed by atoms with van der Waals surface area (Å²) < 4.78 is 17.1. The summed E-state index contributed by atoms with van der Waals surface area (Å²) in [7, 11) is 3.42. The molecule has 0 bridgehead atoms. The van der Waals surface area contributed by atoms with Crippen molar-refractivity contribution in [2.75, 3.05) is 14.2 Å². The molecule has 0 N–H and O–H groups in total. The van der Waals surface area contributed by atoms with Crippen LogP contribution in [0.3, 0.4) is 0 Å². The van der Waals surface area contributed by atoms with Crippen molar-refractivity contribution in [1.82, 2.24) is 0 Å². The first kappa shape index (κ1) is 14.4. The number of ether oxygens (including phenoxy) is 3. The summed E-state index contributed by atoms with van der Waals surface area (Å²) >= 11 is 0. The van der Waals surface area contributed by atoms with Gasteiger partial charge in [-0.2, -0.15) is 0 Å². The summed E-state index contributed by atoms with van der Waals surface area (Å²) in [5.41, 5.74) is 2.56. The average molecular weight is 310 g/mol. The highest BCUT2D eigenvalue weighted by Crippen LogP contribution is 2.54. The number of benzene rings is 2. The molecule has 0 saturated heterocycles. The lowest BCUT2D eigenvalue weighted by atomic mass is 9.80. The van der Waals surface area contributed by atoms with Crippen molar-refractivity contribution >= 4 is 0 Å². The summed E-state index contributed by atoms with van der Waals surface area (Å²) in [6, 6.07) is 14.5. The minimum Gasteiger partial charge on any atom is -0.497 e. The standard InChI is InChI=1S/C20H22O3/c1-21-14-8-6-13(7-9-14)20-17-5-3-4-16(17)18-12-15(22-2)10-11-19(18)23-20/h6-12,16-17,20H,3-5H2,1-2H3/t16-,17+,20-/m0/s1. The normalized spacial score (nSPS) is 25.2. The van der Waals surface area contributed by atoms with Gasteiger partial charge in [-0.3, -0.25) is 0 Å². The van der Waals surface area contributed by atoms with Gasteiger partial charge >= 0.3 is 0 Å². The van der Waals surface area contributed by atoms with Crippen LogP contribution >= 0.6 is 0 Å². The van der Waals surface area contributed by atoms with Crippen molar-refractivity contribution in [2.45, 2.75) is 31.3 Å². The summed E-state index contributed by atoms with van der Waals surface area (Å²) in [5, 5.41) is 0. The fourth-order valence-electron chi connectivity index (χ4n) is 4.12. The highest BCUT2D eigenvalue weighted by molar-refractivity contribution is 5.46. The van der Waals surface area contributed by atoms with Gasteiger partial charge in [0.05, 0.1) is 14.2 Å². The Morgan fingerprint density at radius 1 is 0.913 bits per heavy atom. The average Bonchev–Trinajstić information content (AvgIpc) is 3.11. The van der Waals surface area contributed by atoms with E-state index in [0.29, 0.717) is 11.8 Å². The van der Waals surface area contributed by atoms with Crippen molar-refractivity contribution in [2.24, 2.45) is 5.92 Å². The second kappa shape index (κ2) is 5.80. The van der Waals surface area contributed by atoms with Crippen molar-refractivity contribution in [1.29, 1.82) is 0 Å². The predicted molar refractivity (Wildman–Crippen MR) is 89.4 cm³/mol. The van der Waals surface area contributed by atoms with E-state index in [9.17, 15) is 0 Å². The Morgan fingerprint density at radius 3 is 2.39 bits per heavy atom. The van der Waals surface area contributed by atoms with E-state index in [1.807, 2.05) is 18.2 Å². The van der Waals surface area contributed by atoms with Gasteiger partial charge in [0, 0.05) is 11.5 Å². The molecule has 3 nitrogen and oxygen atoms in total. The first-order chi connectivity index (χ1) is 11.3. The van der Waals surface area contributed by atoms with Crippen LogP contribution in [0.1, 0.15) is 42.4 Å². The Morgan fingerprint density at radius 2 is 1.65 bits per heavy atom. The summed E-state index contributed by atoms with van der Waals surface area (Å²) in [6.45, 7) is 0. The molecule has 1 aliphatic carbocycles. The van der Waals surface area contributed by atoms with Crippen molar-refractivity contribution in [3.8, 4) is 17.2 Å². The Bertz CT molecular complexity index is 693. The van der Waals surface area contributed by atoms with Gasteiger partial charge in [0.2, 0.25) is 0 Å². The van der Waals surface area contributed by atoms with Crippen LogP contribution in [0.2, 0.25) is 0 Å². The lowest BCUT2D eigenvalue weighted by molar-refractivity contribution is 0.104. The summed E-state index contributed by atoms with van der Waals surface area (Å²) in [4.78, 5) is 0. The SMILES string of the molecule is COc1ccc([C@@H]2Oc3ccc(OC)cc3[C@H]3CCC[C@H]32)cc1. The van der Waals surface area contributed by atoms with E-state index in [0.717, 1.165) is 17.2 Å². The topological polar surface area (TPSA) is 27.7 Å². The van der Waals surface area contributed by atoms with Gasteiger partial charge in [-0.05, 0) is 54.7 Å². The van der Waals surface area contributed by atoms with E-state index >= 15 is 0 Å². The van der Waals surface area contributed by atoms with Crippen molar-refractivity contribution in [3.63, 3.8) is 0 Å². The monoisotopic (exact) mass is 310 g/mol. The minimum absolute atomic E-state index is 0.134. The number of methoxy groups -OCH3 is 2. The highest BCUT2D eigenvalue weighted by atomic mass is 16.5. The van der Waals surface area contributed by atoms with E-state index in [-0.39, 0.29) is 6.10 Å². The van der Waals surface area contributed by atoms with Crippen molar-refractivity contribution in [3.05, 3.63) is 53.6 Å². The second-order valence-electron chi connectivity index (χ2n) is 6.42. The molecule has 2 aliphatic rings. The zero-order chi connectivity index (χ0) is 15.8. The quantitative estimate of drug-likeness (QED) is 0.821. The highest BCUT2D eigenvalue weighted by Gasteiger charge is 2.42. The fraction of sp³-hybridized carbons (Fsp3) is 0.400. The van der Waals surface area contributed by atoms with Gasteiger partial charge < -0.3 is 14.2 Å². The Balaban J connectivity index is 1.71. The van der Waals surface area contributed by atoms with Gasteiger partial charge in [0.1, 0.15) is 23.4 Å². The lowest BCUT2D eigenvalue weighted by Gasteiger charge is -2.36. The van der Waals surface area contributed by atoms with Crippen LogP contribution in [0.15, 0.2) is 42.5 Å². The van der Waals surface area contributed by atoms with E-state index in [1.165, 1.54) is 30.4 Å². The maximum Gasteiger partial charge on any atom is 0.127 e. The van der Waals surface area contributed by atoms with Gasteiger partial charge in [-0.15, -0.1) is 0 Å². The largest absolute Gasteiger partial charge is 0.497 e. The molecule has 3 heteroatoms. The molecule has 1 aliphatic heterocycles. The Labute approximate surface area is 137 Å². The molecule has 23 heavy (non-hydrogen) atoms. The minimum atomic E-state index is 0.134. The van der Waals surface area contributed by atoms with E-state index < -0.39 is 0 Å². The van der Waals surface area contributed by atoms with E-state index in [1.54, 1.807) is 14.2 Å². The molecule has 1 saturated carbocycles. The Kier molecular flexibility index (Phi) is 3.64. The fourth-order valence-corrected chi connectivity index (χ4v) is 4.12. The van der Waals surface area contributed by atoms with Crippen LogP contribution in [0.25, 0.3) is 0 Å². The van der Waals surface area contributed by atoms with Gasteiger partial charge in [-0.1, -0.05) is 18.6 Å². The smallest absolute Gasteiger partial charge is 0.127 e. The van der Waals surface area contributed by atoms with Gasteiger partial charge in [0.25, 0.3) is 0 Å². The molecule has 120 valence electrons. The zero-order valence-electron chi connectivity index (χ0n) is 13.6. The van der Waals surface area contributed by atoms with Crippen LogP contribution < -0.4 is 14.2 Å². The van der Waals surface area contributed by atoms with Crippen LogP contribution in [0, 0.1) is 5.92 Å². The number of rotatable bonds is 3. The van der Waals surface area contributed by atoms with Crippen LogP contribution in [-0.2, 0) is 0 Å². The molecular weight excluding hydrogens is 288 g/mol. The molecule has 0 spiro atoms. The Hall–Kier alpha value is -2.16. The second-order valence-corrected chi connectivity index (χ2v) is 6.42. The van der Waals surface area contributed by atoms with E-state index in [4.69, 9.17) is 14.2 Å². The maximum absolute atomic E-state index is 6.41. The number of hydrogen-bond donors (Lipinski definition) is 0. The molecule has 0 unspecified atom stereocenters. The molecule has 2 aromatic rings. The maximum atomic E-state index is 6.41. The molecule has 3 atom stereocenters. The molecular formula is C20H22O3. The van der Waals surface area contributed by atoms with Crippen LogP contribution in [0.5, 0.6) is 17.2 Å². The van der Waals surface area contributed by atoms with Crippen LogP contribution in [-0.4, -0.2) is 14.2 Å².